The van der Waals surface area contributed by atoms with Gasteiger partial charge in [0.05, 0.1) is 13.2 Å². The Morgan fingerprint density at radius 2 is 1.45 bits per heavy atom. The van der Waals surface area contributed by atoms with E-state index in [1.54, 1.807) is 12.4 Å². The zero-order chi connectivity index (χ0) is 21.1. The van der Waals surface area contributed by atoms with E-state index >= 15 is 0 Å². The first-order valence-electron chi connectivity index (χ1n) is 8.80. The van der Waals surface area contributed by atoms with Crippen molar-refractivity contribution in [1.29, 1.82) is 0 Å². The minimum Gasteiger partial charge on any atom is -0.384 e. The maximum atomic E-state index is 10.4. The van der Waals surface area contributed by atoms with E-state index in [-0.39, 0.29) is 0 Å². The molecule has 0 aliphatic heterocycles. The fraction of sp³-hybridized carbons (Fsp3) is 0.130. The van der Waals surface area contributed by atoms with Crippen molar-refractivity contribution in [2.75, 3.05) is 13.2 Å². The normalized spacial score (nSPS) is 11.1. The van der Waals surface area contributed by atoms with Crippen LogP contribution in [0, 0.1) is 0 Å². The SMILES string of the molecule is C=C(Cl)COCC(=C)Cl.OC(c1cncnc1)c1cccc(-c2ccccc2)c1. The molecule has 1 N–H and O–H groups in total. The maximum Gasteiger partial charge on any atom is 0.115 e. The number of rotatable bonds is 7. The Kier molecular flexibility index (Phi) is 9.54. The Bertz CT molecular complexity index is 904. The smallest absolute Gasteiger partial charge is 0.115 e. The summed E-state index contributed by atoms with van der Waals surface area (Å²) in [4.78, 5) is 7.88. The summed E-state index contributed by atoms with van der Waals surface area (Å²) in [7, 11) is 0. The fourth-order valence-corrected chi connectivity index (χ4v) is 2.59. The Morgan fingerprint density at radius 1 is 0.862 bits per heavy atom. The first-order valence-corrected chi connectivity index (χ1v) is 9.55. The molecule has 0 aliphatic rings. The first-order chi connectivity index (χ1) is 14.0. The third-order valence-electron chi connectivity index (χ3n) is 3.72. The number of aliphatic hydroxyl groups excluding tert-OH is 1. The lowest BCUT2D eigenvalue weighted by molar-refractivity contribution is 0.189. The topological polar surface area (TPSA) is 55.2 Å². The van der Waals surface area contributed by atoms with Crippen molar-refractivity contribution in [2.45, 2.75) is 6.10 Å². The first kappa shape index (κ1) is 22.8. The molecule has 4 nitrogen and oxygen atoms in total. The van der Waals surface area contributed by atoms with Gasteiger partial charge in [-0.3, -0.25) is 0 Å². The van der Waals surface area contributed by atoms with Crippen LogP contribution in [0.2, 0.25) is 0 Å². The van der Waals surface area contributed by atoms with E-state index in [9.17, 15) is 5.11 Å². The molecule has 0 saturated heterocycles. The Labute approximate surface area is 181 Å². The maximum absolute atomic E-state index is 10.4. The molecule has 29 heavy (non-hydrogen) atoms. The van der Waals surface area contributed by atoms with Crippen molar-refractivity contribution >= 4 is 23.2 Å². The van der Waals surface area contributed by atoms with Gasteiger partial charge in [-0.05, 0) is 22.8 Å². The zero-order valence-corrected chi connectivity index (χ0v) is 17.4. The minimum atomic E-state index is -0.708. The average Bonchev–Trinajstić information content (AvgIpc) is 2.74. The summed E-state index contributed by atoms with van der Waals surface area (Å²) in [6.07, 6.45) is 4.01. The largest absolute Gasteiger partial charge is 0.384 e. The van der Waals surface area contributed by atoms with E-state index < -0.39 is 6.10 Å². The van der Waals surface area contributed by atoms with Crippen LogP contribution in [0.5, 0.6) is 0 Å². The van der Waals surface area contributed by atoms with Crippen molar-refractivity contribution in [2.24, 2.45) is 0 Å². The molecule has 0 radical (unpaired) electrons. The summed E-state index contributed by atoms with van der Waals surface area (Å²) in [5.74, 6) is 0. The van der Waals surface area contributed by atoms with E-state index in [0.29, 0.717) is 28.8 Å². The van der Waals surface area contributed by atoms with Crippen LogP contribution < -0.4 is 0 Å². The van der Waals surface area contributed by atoms with Gasteiger partial charge in [-0.25, -0.2) is 9.97 Å². The molecule has 3 rings (SSSR count). The fourth-order valence-electron chi connectivity index (χ4n) is 2.44. The van der Waals surface area contributed by atoms with Crippen LogP contribution in [0.1, 0.15) is 17.2 Å². The van der Waals surface area contributed by atoms with Crippen LogP contribution in [0.3, 0.4) is 0 Å². The molecule has 1 unspecified atom stereocenters. The number of nitrogens with zero attached hydrogens (tertiary/aromatic N) is 2. The van der Waals surface area contributed by atoms with Gasteiger partial charge < -0.3 is 9.84 Å². The standard InChI is InChI=1S/C17H14N2O.C6H8Cl2O/c20-17(16-10-18-12-19-11-16)15-8-4-7-14(9-15)13-5-2-1-3-6-13;1-5(7)3-9-4-6(2)8/h1-12,17,20H;1-4H2. The summed E-state index contributed by atoms with van der Waals surface area (Å²) in [6, 6.07) is 18.0. The number of aromatic nitrogens is 2. The predicted molar refractivity (Wildman–Crippen MR) is 119 cm³/mol. The van der Waals surface area contributed by atoms with E-state index in [2.05, 4.69) is 35.3 Å². The number of ether oxygens (including phenoxy) is 1. The highest BCUT2D eigenvalue weighted by Crippen LogP contribution is 2.26. The third kappa shape index (κ3) is 8.18. The molecule has 0 fully saturated rings. The van der Waals surface area contributed by atoms with Crippen molar-refractivity contribution in [1.82, 2.24) is 9.97 Å². The van der Waals surface area contributed by atoms with Gasteiger partial charge >= 0.3 is 0 Å². The molecular weight excluding hydrogens is 407 g/mol. The number of benzene rings is 2. The van der Waals surface area contributed by atoms with Gasteiger partial charge in [0.15, 0.2) is 0 Å². The summed E-state index contributed by atoms with van der Waals surface area (Å²) >= 11 is 10.7. The van der Waals surface area contributed by atoms with Crippen LogP contribution in [0.4, 0.5) is 0 Å². The Balaban J connectivity index is 0.000000284. The second-order valence-electron chi connectivity index (χ2n) is 6.09. The van der Waals surface area contributed by atoms with Crippen molar-refractivity contribution in [3.63, 3.8) is 0 Å². The van der Waals surface area contributed by atoms with Gasteiger partial charge in [0, 0.05) is 28.0 Å². The zero-order valence-electron chi connectivity index (χ0n) is 15.8. The summed E-state index contributed by atoms with van der Waals surface area (Å²) in [6.45, 7) is 7.49. The van der Waals surface area contributed by atoms with E-state index in [1.165, 1.54) is 6.33 Å². The molecule has 0 spiro atoms. The second kappa shape index (κ2) is 12.1. The quantitative estimate of drug-likeness (QED) is 0.521. The minimum absolute atomic E-state index is 0.327. The summed E-state index contributed by atoms with van der Waals surface area (Å²) in [5, 5.41) is 11.3. The molecular formula is C23H22Cl2N2O2. The molecule has 6 heteroatoms. The van der Waals surface area contributed by atoms with Gasteiger partial charge in [-0.15, -0.1) is 0 Å². The van der Waals surface area contributed by atoms with E-state index in [0.717, 1.165) is 16.7 Å². The molecule has 3 aromatic rings. The molecule has 0 bridgehead atoms. The summed E-state index contributed by atoms with van der Waals surface area (Å²) in [5.41, 5.74) is 3.74. The van der Waals surface area contributed by atoms with E-state index in [4.69, 9.17) is 27.9 Å². The molecule has 0 amide bonds. The number of halogens is 2. The lowest BCUT2D eigenvalue weighted by Crippen LogP contribution is -2.00. The lowest BCUT2D eigenvalue weighted by atomic mass is 9.98. The molecule has 1 heterocycles. The number of aliphatic hydroxyl groups is 1. The van der Waals surface area contributed by atoms with Crippen molar-refractivity contribution < 1.29 is 9.84 Å². The van der Waals surface area contributed by atoms with Gasteiger partial charge in [0.1, 0.15) is 12.4 Å². The van der Waals surface area contributed by atoms with Crippen LogP contribution >= 0.6 is 23.2 Å². The molecule has 1 aromatic heterocycles. The Hall–Kier alpha value is -2.50. The predicted octanol–water partition coefficient (Wildman–Crippen LogP) is 5.73. The number of hydrogen-bond acceptors (Lipinski definition) is 4. The van der Waals surface area contributed by atoms with Crippen molar-refractivity contribution in [3.8, 4) is 11.1 Å². The highest BCUT2D eigenvalue weighted by Gasteiger charge is 2.11. The third-order valence-corrected chi connectivity index (χ3v) is 3.94. The number of hydrogen-bond donors (Lipinski definition) is 1. The van der Waals surface area contributed by atoms with E-state index in [1.807, 2.05) is 42.5 Å². The highest BCUT2D eigenvalue weighted by molar-refractivity contribution is 6.29. The molecule has 150 valence electrons. The van der Waals surface area contributed by atoms with Crippen LogP contribution in [0.25, 0.3) is 11.1 Å². The lowest BCUT2D eigenvalue weighted by Gasteiger charge is -2.12. The van der Waals surface area contributed by atoms with Gasteiger partial charge in [-0.2, -0.15) is 0 Å². The molecule has 1 atom stereocenters. The van der Waals surface area contributed by atoms with Crippen LogP contribution in [-0.2, 0) is 4.74 Å². The molecule has 0 aliphatic carbocycles. The highest BCUT2D eigenvalue weighted by atomic mass is 35.5. The van der Waals surface area contributed by atoms with Gasteiger partial charge in [0.2, 0.25) is 0 Å². The van der Waals surface area contributed by atoms with Crippen LogP contribution in [0.15, 0.2) is 96.5 Å². The van der Waals surface area contributed by atoms with Gasteiger partial charge in [0.25, 0.3) is 0 Å². The second-order valence-corrected chi connectivity index (χ2v) is 7.16. The van der Waals surface area contributed by atoms with Crippen molar-refractivity contribution in [3.05, 3.63) is 108 Å². The summed E-state index contributed by atoms with van der Waals surface area (Å²) < 4.78 is 4.89. The molecule has 2 aromatic carbocycles. The van der Waals surface area contributed by atoms with Gasteiger partial charge in [-0.1, -0.05) is 84.9 Å². The monoisotopic (exact) mass is 428 g/mol. The Morgan fingerprint density at radius 3 is 2.03 bits per heavy atom. The average molecular weight is 429 g/mol. The van der Waals surface area contributed by atoms with Crippen LogP contribution in [-0.4, -0.2) is 28.3 Å². The molecule has 0 saturated carbocycles.